The van der Waals surface area contributed by atoms with E-state index in [2.05, 4.69) is 11.8 Å². The molecule has 0 aliphatic carbocycles. The van der Waals surface area contributed by atoms with Crippen LogP contribution in [0.25, 0.3) is 0 Å². The molecule has 0 aliphatic rings. The highest BCUT2D eigenvalue weighted by Crippen LogP contribution is 2.13. The number of hydrogen-bond acceptors (Lipinski definition) is 3. The molecule has 0 amide bonds. The van der Waals surface area contributed by atoms with Crippen LogP contribution in [0.4, 0.5) is 0 Å². The fraction of sp³-hybridized carbons (Fsp3) is 0.500. The molecule has 0 atom stereocenters. The van der Waals surface area contributed by atoms with E-state index in [9.17, 15) is 4.79 Å². The predicted octanol–water partition coefficient (Wildman–Crippen LogP) is 2.16. The van der Waals surface area contributed by atoms with Gasteiger partial charge in [0.1, 0.15) is 0 Å². The second-order valence-electron chi connectivity index (χ2n) is 4.31. The molecular weight excluding hydrogens is 230 g/mol. The smallest absolute Gasteiger partial charge is 0.335 e. The van der Waals surface area contributed by atoms with Crippen molar-refractivity contribution in [2.24, 2.45) is 0 Å². The Labute approximate surface area is 108 Å². The summed E-state index contributed by atoms with van der Waals surface area (Å²) in [5, 5.41) is 8.92. The van der Waals surface area contributed by atoms with Crippen LogP contribution in [-0.2, 0) is 11.3 Å². The van der Waals surface area contributed by atoms with Crippen molar-refractivity contribution in [3.63, 3.8) is 0 Å². The van der Waals surface area contributed by atoms with E-state index in [0.29, 0.717) is 12.2 Å². The summed E-state index contributed by atoms with van der Waals surface area (Å²) in [5.41, 5.74) is 2.53. The van der Waals surface area contributed by atoms with E-state index in [1.807, 2.05) is 13.0 Å². The lowest BCUT2D eigenvalue weighted by Crippen LogP contribution is -2.27. The van der Waals surface area contributed by atoms with Crippen LogP contribution < -0.4 is 0 Å². The number of carboxylic acid groups (broad SMARTS) is 1. The molecule has 4 nitrogen and oxygen atoms in total. The monoisotopic (exact) mass is 251 g/mol. The van der Waals surface area contributed by atoms with Gasteiger partial charge < -0.3 is 9.84 Å². The van der Waals surface area contributed by atoms with Gasteiger partial charge in [0.05, 0.1) is 12.2 Å². The molecule has 1 rings (SSSR count). The lowest BCUT2D eigenvalue weighted by atomic mass is 10.0. The Kier molecular flexibility index (Phi) is 5.82. The number of rotatable bonds is 7. The van der Waals surface area contributed by atoms with Crippen LogP contribution in [0.5, 0.6) is 0 Å². The van der Waals surface area contributed by atoms with Crippen LogP contribution >= 0.6 is 0 Å². The topological polar surface area (TPSA) is 49.8 Å². The van der Waals surface area contributed by atoms with Crippen molar-refractivity contribution in [2.75, 3.05) is 26.8 Å². The Morgan fingerprint density at radius 1 is 1.44 bits per heavy atom. The lowest BCUT2D eigenvalue weighted by molar-refractivity contribution is 0.0696. The van der Waals surface area contributed by atoms with Crippen molar-refractivity contribution >= 4 is 5.97 Å². The van der Waals surface area contributed by atoms with Gasteiger partial charge in [-0.25, -0.2) is 4.79 Å². The standard InChI is InChI=1S/C14H21NO3/c1-4-15(7-8-18-3)10-13-6-5-12(14(16)17)9-11(13)2/h5-6,9H,4,7-8,10H2,1-3H3,(H,16,17). The van der Waals surface area contributed by atoms with Crippen LogP contribution in [0.3, 0.4) is 0 Å². The van der Waals surface area contributed by atoms with E-state index in [1.54, 1.807) is 19.2 Å². The molecule has 0 spiro atoms. The molecule has 0 saturated heterocycles. The number of ether oxygens (including phenoxy) is 1. The van der Waals surface area contributed by atoms with Crippen molar-refractivity contribution < 1.29 is 14.6 Å². The van der Waals surface area contributed by atoms with Gasteiger partial charge in [0.2, 0.25) is 0 Å². The number of nitrogens with zero attached hydrogens (tertiary/aromatic N) is 1. The molecule has 0 bridgehead atoms. The zero-order valence-electron chi connectivity index (χ0n) is 11.3. The van der Waals surface area contributed by atoms with Gasteiger partial charge in [0.25, 0.3) is 0 Å². The number of methoxy groups -OCH3 is 1. The Balaban J connectivity index is 2.74. The Morgan fingerprint density at radius 2 is 2.17 bits per heavy atom. The average Bonchev–Trinajstić information content (AvgIpc) is 2.35. The molecule has 0 unspecified atom stereocenters. The first kappa shape index (κ1) is 14.7. The maximum atomic E-state index is 10.9. The van der Waals surface area contributed by atoms with Gasteiger partial charge in [-0.05, 0) is 36.7 Å². The molecule has 0 saturated carbocycles. The molecule has 1 N–H and O–H groups in total. The predicted molar refractivity (Wildman–Crippen MR) is 71.0 cm³/mol. The molecule has 0 radical (unpaired) electrons. The van der Waals surface area contributed by atoms with Gasteiger partial charge >= 0.3 is 5.97 Å². The molecular formula is C14H21NO3. The summed E-state index contributed by atoms with van der Waals surface area (Å²) in [7, 11) is 1.70. The molecule has 0 aromatic heterocycles. The highest BCUT2D eigenvalue weighted by Gasteiger charge is 2.08. The normalized spacial score (nSPS) is 10.9. The largest absolute Gasteiger partial charge is 0.478 e. The van der Waals surface area contributed by atoms with Crippen LogP contribution in [0.2, 0.25) is 0 Å². The minimum atomic E-state index is -0.878. The van der Waals surface area contributed by atoms with Gasteiger partial charge in [0, 0.05) is 20.2 Å². The fourth-order valence-electron chi connectivity index (χ4n) is 1.82. The summed E-state index contributed by atoms with van der Waals surface area (Å²) in [4.78, 5) is 13.1. The van der Waals surface area contributed by atoms with Crippen LogP contribution in [0.15, 0.2) is 18.2 Å². The Bertz CT molecular complexity index is 404. The molecule has 1 aromatic rings. The van der Waals surface area contributed by atoms with Crippen molar-refractivity contribution in [1.82, 2.24) is 4.90 Å². The summed E-state index contributed by atoms with van der Waals surface area (Å²) >= 11 is 0. The summed E-state index contributed by atoms with van der Waals surface area (Å²) in [5.74, 6) is -0.878. The van der Waals surface area contributed by atoms with Gasteiger partial charge in [0.15, 0.2) is 0 Å². The molecule has 18 heavy (non-hydrogen) atoms. The highest BCUT2D eigenvalue weighted by atomic mass is 16.5. The molecule has 1 aromatic carbocycles. The van der Waals surface area contributed by atoms with Crippen LogP contribution in [-0.4, -0.2) is 42.8 Å². The molecule has 0 fully saturated rings. The van der Waals surface area contributed by atoms with E-state index in [4.69, 9.17) is 9.84 Å². The van der Waals surface area contributed by atoms with Gasteiger partial charge in [-0.2, -0.15) is 0 Å². The Morgan fingerprint density at radius 3 is 2.67 bits per heavy atom. The number of carboxylic acids is 1. The van der Waals surface area contributed by atoms with Gasteiger partial charge in [-0.3, -0.25) is 4.90 Å². The maximum Gasteiger partial charge on any atom is 0.335 e. The lowest BCUT2D eigenvalue weighted by Gasteiger charge is -2.21. The minimum Gasteiger partial charge on any atom is -0.478 e. The first-order valence-electron chi connectivity index (χ1n) is 6.12. The van der Waals surface area contributed by atoms with E-state index in [0.717, 1.165) is 30.8 Å². The summed E-state index contributed by atoms with van der Waals surface area (Å²) in [6.07, 6.45) is 0. The number of aryl methyl sites for hydroxylation is 1. The second kappa shape index (κ2) is 7.13. The number of aromatic carboxylic acids is 1. The van der Waals surface area contributed by atoms with Crippen molar-refractivity contribution in [3.05, 3.63) is 34.9 Å². The number of benzene rings is 1. The Hall–Kier alpha value is -1.39. The van der Waals surface area contributed by atoms with E-state index in [1.165, 1.54) is 0 Å². The van der Waals surface area contributed by atoms with Crippen LogP contribution in [0.1, 0.15) is 28.4 Å². The zero-order chi connectivity index (χ0) is 13.5. The van der Waals surface area contributed by atoms with E-state index >= 15 is 0 Å². The maximum absolute atomic E-state index is 10.9. The van der Waals surface area contributed by atoms with Gasteiger partial charge in [-0.15, -0.1) is 0 Å². The fourth-order valence-corrected chi connectivity index (χ4v) is 1.82. The highest BCUT2D eigenvalue weighted by molar-refractivity contribution is 5.87. The first-order valence-corrected chi connectivity index (χ1v) is 6.12. The third-order valence-electron chi connectivity index (χ3n) is 3.04. The SMILES string of the molecule is CCN(CCOC)Cc1ccc(C(=O)O)cc1C. The number of carbonyl (C=O) groups is 1. The first-order chi connectivity index (χ1) is 8.58. The zero-order valence-corrected chi connectivity index (χ0v) is 11.3. The van der Waals surface area contributed by atoms with Crippen molar-refractivity contribution in [2.45, 2.75) is 20.4 Å². The third-order valence-corrected chi connectivity index (χ3v) is 3.04. The second-order valence-corrected chi connectivity index (χ2v) is 4.31. The third kappa shape index (κ3) is 4.13. The molecule has 100 valence electrons. The quantitative estimate of drug-likeness (QED) is 0.807. The summed E-state index contributed by atoms with van der Waals surface area (Å²) in [6, 6.07) is 5.28. The molecule has 0 aliphatic heterocycles. The van der Waals surface area contributed by atoms with Crippen molar-refractivity contribution in [1.29, 1.82) is 0 Å². The summed E-state index contributed by atoms with van der Waals surface area (Å²) < 4.78 is 5.07. The average molecular weight is 251 g/mol. The number of hydrogen-bond donors (Lipinski definition) is 1. The minimum absolute atomic E-state index is 0.344. The van der Waals surface area contributed by atoms with Gasteiger partial charge in [-0.1, -0.05) is 13.0 Å². The van der Waals surface area contributed by atoms with E-state index < -0.39 is 5.97 Å². The van der Waals surface area contributed by atoms with Crippen molar-refractivity contribution in [3.8, 4) is 0 Å². The molecule has 4 heteroatoms. The molecule has 0 heterocycles. The van der Waals surface area contributed by atoms with E-state index in [-0.39, 0.29) is 0 Å². The van der Waals surface area contributed by atoms with Crippen LogP contribution in [0, 0.1) is 6.92 Å². The summed E-state index contributed by atoms with van der Waals surface area (Å²) in [6.45, 7) is 7.42. The number of likely N-dealkylation sites (N-methyl/N-ethyl adjacent to an activating group) is 1.